The summed E-state index contributed by atoms with van der Waals surface area (Å²) in [5.74, 6) is 4.53. The van der Waals surface area contributed by atoms with E-state index in [-0.39, 0.29) is 17.4 Å². The van der Waals surface area contributed by atoms with Crippen LogP contribution in [0.5, 0.6) is 0 Å². The molecule has 1 aromatic rings. The van der Waals surface area contributed by atoms with Crippen molar-refractivity contribution in [2.24, 2.45) is 46.3 Å². The number of nitrogens with zero attached hydrogens (tertiary/aromatic N) is 1. The Morgan fingerprint density at radius 1 is 1.00 bits per heavy atom. The van der Waals surface area contributed by atoms with Crippen LogP contribution in [0.4, 0.5) is 4.79 Å². The van der Waals surface area contributed by atoms with Gasteiger partial charge in [0.05, 0.1) is 0 Å². The average molecular weight is 550 g/mol. The van der Waals surface area contributed by atoms with Crippen molar-refractivity contribution in [2.75, 3.05) is 0 Å². The Kier molecular flexibility index (Phi) is 8.63. The topological polar surface area (TPSA) is 80.3 Å². The Hall–Kier alpha value is -2.37. The van der Waals surface area contributed by atoms with E-state index < -0.39 is 6.09 Å². The third kappa shape index (κ3) is 5.69. The van der Waals surface area contributed by atoms with Crippen molar-refractivity contribution in [3.63, 3.8) is 0 Å². The molecule has 4 aliphatic carbocycles. The van der Waals surface area contributed by atoms with Crippen molar-refractivity contribution in [1.29, 1.82) is 0 Å². The normalized spacial score (nSPS) is 35.5. The first-order chi connectivity index (χ1) is 19.1. The number of carbonyl (C=O) groups excluding carboxylic acids is 2. The van der Waals surface area contributed by atoms with Crippen LogP contribution in [-0.2, 0) is 4.74 Å². The van der Waals surface area contributed by atoms with E-state index >= 15 is 0 Å². The number of allylic oxidation sites excluding steroid dienone is 1. The Bertz CT molecular complexity index is 1090. The predicted molar refractivity (Wildman–Crippen MR) is 158 cm³/mol. The van der Waals surface area contributed by atoms with Crippen LogP contribution in [0, 0.1) is 46.3 Å². The van der Waals surface area contributed by atoms with Gasteiger partial charge in [-0.15, -0.1) is 0 Å². The molecular formula is C34H51N3O3. The van der Waals surface area contributed by atoms with Crippen LogP contribution in [0.1, 0.15) is 116 Å². The largest absolute Gasteiger partial charge is 0.445 e. The molecule has 0 spiro atoms. The number of rotatable bonds is 7. The summed E-state index contributed by atoms with van der Waals surface area (Å²) in [6, 6.07) is 3.20. The number of amides is 2. The fourth-order valence-electron chi connectivity index (χ4n) is 9.62. The zero-order valence-electron chi connectivity index (χ0n) is 25.4. The van der Waals surface area contributed by atoms with Crippen molar-refractivity contribution >= 4 is 12.0 Å². The first kappa shape index (κ1) is 29.1. The van der Waals surface area contributed by atoms with E-state index in [1.54, 1.807) is 24.5 Å². The minimum atomic E-state index is -0.599. The number of ether oxygens (including phenoxy) is 1. The molecule has 5 rings (SSSR count). The van der Waals surface area contributed by atoms with Crippen molar-refractivity contribution in [3.8, 4) is 0 Å². The van der Waals surface area contributed by atoms with Crippen LogP contribution in [0.25, 0.3) is 0 Å². The Morgan fingerprint density at radius 3 is 2.52 bits per heavy atom. The van der Waals surface area contributed by atoms with Gasteiger partial charge in [0.2, 0.25) is 0 Å². The van der Waals surface area contributed by atoms with Gasteiger partial charge in [0.15, 0.2) is 0 Å². The van der Waals surface area contributed by atoms with Crippen LogP contribution in [0.2, 0.25) is 0 Å². The summed E-state index contributed by atoms with van der Waals surface area (Å²) in [5, 5.41) is 0. The lowest BCUT2D eigenvalue weighted by molar-refractivity contribution is -0.0582. The van der Waals surface area contributed by atoms with E-state index in [0.717, 1.165) is 54.8 Å². The molecule has 40 heavy (non-hydrogen) atoms. The third-order valence-electron chi connectivity index (χ3n) is 11.8. The van der Waals surface area contributed by atoms with E-state index in [0.29, 0.717) is 11.0 Å². The molecule has 0 radical (unpaired) electrons. The molecule has 8 atom stereocenters. The smallest absolute Gasteiger partial charge is 0.426 e. The highest BCUT2D eigenvalue weighted by Crippen LogP contribution is 2.67. The fourth-order valence-corrected chi connectivity index (χ4v) is 9.62. The lowest BCUT2D eigenvalue weighted by Crippen LogP contribution is -2.51. The summed E-state index contributed by atoms with van der Waals surface area (Å²) in [6.45, 7) is 12.4. The van der Waals surface area contributed by atoms with Gasteiger partial charge >= 0.3 is 6.09 Å². The van der Waals surface area contributed by atoms with E-state index in [2.05, 4.69) is 56.5 Å². The van der Waals surface area contributed by atoms with Crippen molar-refractivity contribution in [1.82, 2.24) is 15.8 Å². The number of hydrogen-bond donors (Lipinski definition) is 2. The molecule has 1 heterocycles. The fraction of sp³-hybridized carbons (Fsp3) is 0.735. The van der Waals surface area contributed by atoms with Gasteiger partial charge in [-0.05, 0) is 103 Å². The van der Waals surface area contributed by atoms with Crippen molar-refractivity contribution in [3.05, 3.63) is 41.7 Å². The van der Waals surface area contributed by atoms with Gasteiger partial charge in [-0.1, -0.05) is 65.5 Å². The molecule has 0 aromatic carbocycles. The van der Waals surface area contributed by atoms with Gasteiger partial charge in [0.1, 0.15) is 6.10 Å². The maximum atomic E-state index is 12.5. The second-order valence-electron chi connectivity index (χ2n) is 14.4. The summed E-state index contributed by atoms with van der Waals surface area (Å²) >= 11 is 0. The summed E-state index contributed by atoms with van der Waals surface area (Å²) in [7, 11) is 0. The number of aromatic nitrogens is 1. The quantitative estimate of drug-likeness (QED) is 0.268. The maximum Gasteiger partial charge on any atom is 0.426 e. The first-order valence-corrected chi connectivity index (χ1v) is 16.0. The van der Waals surface area contributed by atoms with Gasteiger partial charge in [-0.2, -0.15) is 0 Å². The molecule has 6 heteroatoms. The number of fused-ring (bicyclic) bond motifs is 5. The number of pyridine rings is 1. The molecule has 3 fully saturated rings. The van der Waals surface area contributed by atoms with Crippen LogP contribution < -0.4 is 10.9 Å². The highest BCUT2D eigenvalue weighted by atomic mass is 16.6. The second-order valence-corrected chi connectivity index (χ2v) is 14.4. The first-order valence-electron chi connectivity index (χ1n) is 16.0. The molecule has 2 N–H and O–H groups in total. The molecule has 6 nitrogen and oxygen atoms in total. The summed E-state index contributed by atoms with van der Waals surface area (Å²) < 4.78 is 5.76. The molecule has 0 saturated heterocycles. The van der Waals surface area contributed by atoms with Gasteiger partial charge in [0, 0.05) is 24.4 Å². The van der Waals surface area contributed by atoms with Crippen LogP contribution in [0.3, 0.4) is 0 Å². The molecule has 0 bridgehead atoms. The molecule has 0 unspecified atom stereocenters. The van der Waals surface area contributed by atoms with Crippen LogP contribution >= 0.6 is 0 Å². The van der Waals surface area contributed by atoms with E-state index in [1.807, 2.05) is 0 Å². The summed E-state index contributed by atoms with van der Waals surface area (Å²) in [5.41, 5.74) is 7.50. The number of carbonyl (C=O) groups is 2. The minimum absolute atomic E-state index is 0.148. The molecular weight excluding hydrogens is 498 g/mol. The Labute approximate surface area is 241 Å². The SMILES string of the molecule is CC(C)CCC[C@@H](C)[C@H]1CC[C@H]2[C@@H]3CC=C4C[C@@H](OC(=O)NNC(=O)c5ccncc5)CC[C@]4(C)[C@H]3CC[C@]12C. The summed E-state index contributed by atoms with van der Waals surface area (Å²) in [4.78, 5) is 28.6. The Morgan fingerprint density at radius 2 is 1.77 bits per heavy atom. The number of nitrogens with one attached hydrogen (secondary N) is 2. The molecule has 220 valence electrons. The molecule has 4 aliphatic rings. The predicted octanol–water partition coefficient (Wildman–Crippen LogP) is 7.86. The lowest BCUT2D eigenvalue weighted by Gasteiger charge is -2.58. The van der Waals surface area contributed by atoms with E-state index in [1.165, 1.54) is 56.9 Å². The lowest BCUT2D eigenvalue weighted by atomic mass is 9.47. The van der Waals surface area contributed by atoms with Gasteiger partial charge in [0.25, 0.3) is 5.91 Å². The van der Waals surface area contributed by atoms with Crippen molar-refractivity contribution < 1.29 is 14.3 Å². The minimum Gasteiger partial charge on any atom is -0.445 e. The van der Waals surface area contributed by atoms with E-state index in [4.69, 9.17) is 4.74 Å². The maximum absolute atomic E-state index is 12.5. The molecule has 1 aromatic heterocycles. The average Bonchev–Trinajstić information content (AvgIpc) is 3.29. The van der Waals surface area contributed by atoms with Gasteiger partial charge < -0.3 is 4.74 Å². The zero-order chi connectivity index (χ0) is 28.5. The number of hydrazine groups is 1. The monoisotopic (exact) mass is 549 g/mol. The zero-order valence-corrected chi connectivity index (χ0v) is 25.4. The third-order valence-corrected chi connectivity index (χ3v) is 11.8. The standard InChI is InChI=1S/C34H51N3O3/c1-22(2)7-6-8-23(3)28-11-12-29-27-10-9-25-21-26(13-17-33(25,4)30(27)14-18-34(28,29)5)40-32(39)37-36-31(38)24-15-19-35-20-16-24/h9,15-16,19-20,22-23,26-30H,6-8,10-14,17-18,21H2,1-5H3,(H,36,38)(H,37,39)/t23-,26+,27+,28-,29+,30+,33+,34-/m1/s1. The van der Waals surface area contributed by atoms with E-state index in [9.17, 15) is 9.59 Å². The molecule has 3 saturated carbocycles. The van der Waals surface area contributed by atoms with Gasteiger partial charge in [-0.25, -0.2) is 10.2 Å². The number of hydrogen-bond acceptors (Lipinski definition) is 4. The molecule has 0 aliphatic heterocycles. The van der Waals surface area contributed by atoms with Crippen molar-refractivity contribution in [2.45, 2.75) is 111 Å². The molecule has 2 amide bonds. The van der Waals surface area contributed by atoms with Gasteiger partial charge in [-0.3, -0.25) is 15.2 Å². The summed E-state index contributed by atoms with van der Waals surface area (Å²) in [6.07, 6.45) is 18.5. The van der Waals surface area contributed by atoms with Crippen LogP contribution in [0.15, 0.2) is 36.2 Å². The highest BCUT2D eigenvalue weighted by molar-refractivity contribution is 5.94. The van der Waals surface area contributed by atoms with Crippen LogP contribution in [-0.4, -0.2) is 23.1 Å². The highest BCUT2D eigenvalue weighted by Gasteiger charge is 2.59. The second kappa shape index (κ2) is 11.9. The Balaban J connectivity index is 1.17.